The average Bonchev–Trinajstić information content (AvgIpc) is 2.69. The fraction of sp³-hybridized carbons (Fsp3) is 0.0909. The molecular weight excluding hydrogens is 398 g/mol. The molecule has 3 aromatic carbocycles. The molecule has 0 aliphatic heterocycles. The van der Waals surface area contributed by atoms with Crippen LogP contribution in [-0.2, 0) is 28.1 Å². The maximum Gasteiger partial charge on any atom is 0.335 e. The SMILES string of the molecule is C=CC(=O)Oc1ccc2c(c1)cc(F)c1cc(OC(=O)C=C)ccc12.CC.[V]. The topological polar surface area (TPSA) is 52.6 Å². The molecule has 0 aliphatic carbocycles. The second-order valence-electron chi connectivity index (χ2n) is 5.20. The van der Waals surface area contributed by atoms with Crippen molar-refractivity contribution in [2.75, 3.05) is 0 Å². The Kier molecular flexibility index (Phi) is 8.64. The van der Waals surface area contributed by atoms with Gasteiger partial charge in [-0.1, -0.05) is 33.1 Å². The molecule has 0 spiro atoms. The summed E-state index contributed by atoms with van der Waals surface area (Å²) in [4.78, 5) is 22.6. The molecule has 0 saturated heterocycles. The zero-order valence-corrected chi connectivity index (χ0v) is 17.0. The summed E-state index contributed by atoms with van der Waals surface area (Å²) in [5, 5.41) is 2.32. The van der Waals surface area contributed by atoms with Crippen molar-refractivity contribution in [3.8, 4) is 11.5 Å². The van der Waals surface area contributed by atoms with Crippen LogP contribution in [0.25, 0.3) is 21.5 Å². The third-order valence-electron chi connectivity index (χ3n) is 3.61. The van der Waals surface area contributed by atoms with Crippen LogP contribution >= 0.6 is 0 Å². The molecule has 1 radical (unpaired) electrons. The van der Waals surface area contributed by atoms with E-state index in [2.05, 4.69) is 13.2 Å². The van der Waals surface area contributed by atoms with Gasteiger partial charge >= 0.3 is 11.9 Å². The first-order valence-corrected chi connectivity index (χ1v) is 8.36. The van der Waals surface area contributed by atoms with Crippen molar-refractivity contribution in [2.24, 2.45) is 0 Å². The third-order valence-corrected chi connectivity index (χ3v) is 3.61. The van der Waals surface area contributed by atoms with E-state index in [4.69, 9.17) is 9.47 Å². The second-order valence-corrected chi connectivity index (χ2v) is 5.20. The molecule has 0 unspecified atom stereocenters. The van der Waals surface area contributed by atoms with Crippen LogP contribution in [0.15, 0.2) is 67.8 Å². The number of hydrogen-bond acceptors (Lipinski definition) is 4. The Bertz CT molecular complexity index is 1040. The van der Waals surface area contributed by atoms with Gasteiger partial charge in [0.1, 0.15) is 17.3 Å². The van der Waals surface area contributed by atoms with E-state index in [-0.39, 0.29) is 24.3 Å². The molecule has 0 saturated carbocycles. The first-order chi connectivity index (χ1) is 13.0. The fourth-order valence-electron chi connectivity index (χ4n) is 2.52. The molecule has 0 N–H and O–H groups in total. The summed E-state index contributed by atoms with van der Waals surface area (Å²) in [6, 6.07) is 11.0. The second kappa shape index (κ2) is 10.4. The van der Waals surface area contributed by atoms with Crippen molar-refractivity contribution < 1.29 is 42.0 Å². The van der Waals surface area contributed by atoms with Gasteiger partial charge in [0.25, 0.3) is 0 Å². The molecule has 0 atom stereocenters. The number of halogens is 1. The zero-order valence-electron chi connectivity index (χ0n) is 15.6. The van der Waals surface area contributed by atoms with E-state index in [1.165, 1.54) is 12.1 Å². The molecule has 0 aliphatic rings. The number of rotatable bonds is 4. The summed E-state index contributed by atoms with van der Waals surface area (Å²) in [6.07, 6.45) is 2.09. The Morgan fingerprint density at radius 3 is 1.86 bits per heavy atom. The molecule has 3 aromatic rings. The molecule has 6 heteroatoms. The number of hydrogen-bond donors (Lipinski definition) is 0. The number of ether oxygens (including phenoxy) is 2. The normalized spacial score (nSPS) is 9.54. The molecular formula is C22H19FO4V. The molecule has 0 amide bonds. The van der Waals surface area contributed by atoms with Gasteiger partial charge in [0.15, 0.2) is 0 Å². The number of esters is 2. The molecule has 0 fully saturated rings. The Morgan fingerprint density at radius 2 is 1.32 bits per heavy atom. The summed E-state index contributed by atoms with van der Waals surface area (Å²) in [5.41, 5.74) is 0. The maximum atomic E-state index is 14.5. The summed E-state index contributed by atoms with van der Waals surface area (Å²) >= 11 is 0. The predicted molar refractivity (Wildman–Crippen MR) is 104 cm³/mol. The summed E-state index contributed by atoms with van der Waals surface area (Å²) < 4.78 is 24.6. The van der Waals surface area contributed by atoms with E-state index in [0.717, 1.165) is 17.5 Å². The quantitative estimate of drug-likeness (QED) is 0.249. The average molecular weight is 417 g/mol. The minimum absolute atomic E-state index is 0. The van der Waals surface area contributed by atoms with Gasteiger partial charge in [-0.25, -0.2) is 14.0 Å². The third kappa shape index (κ3) is 5.09. The van der Waals surface area contributed by atoms with Gasteiger partial charge in [0.2, 0.25) is 0 Å². The Hall–Kier alpha value is -2.89. The zero-order chi connectivity index (χ0) is 20.0. The standard InChI is InChI=1S/C20H13FO4.C2H6.V/c1-3-19(22)24-13-5-7-15-12(9-13)10-18(21)17-11-14(6-8-16(15)17)25-20(23)4-2;1-2;/h3-11H,1-2H2;1-2H3;. The molecule has 0 heterocycles. The van der Waals surface area contributed by atoms with Crippen molar-refractivity contribution in [2.45, 2.75) is 13.8 Å². The maximum absolute atomic E-state index is 14.5. The van der Waals surface area contributed by atoms with Crippen molar-refractivity contribution in [1.29, 1.82) is 0 Å². The van der Waals surface area contributed by atoms with Crippen molar-refractivity contribution in [3.63, 3.8) is 0 Å². The molecule has 0 aromatic heterocycles. The first kappa shape index (κ1) is 23.2. The van der Waals surface area contributed by atoms with E-state index in [9.17, 15) is 14.0 Å². The molecule has 143 valence electrons. The van der Waals surface area contributed by atoms with Crippen LogP contribution in [0.4, 0.5) is 4.39 Å². The van der Waals surface area contributed by atoms with Crippen molar-refractivity contribution in [1.82, 2.24) is 0 Å². The van der Waals surface area contributed by atoms with Crippen molar-refractivity contribution >= 4 is 33.5 Å². The van der Waals surface area contributed by atoms with Crippen LogP contribution in [-0.4, -0.2) is 11.9 Å². The summed E-state index contributed by atoms with van der Waals surface area (Å²) in [5.74, 6) is -1.16. The smallest absolute Gasteiger partial charge is 0.335 e. The van der Waals surface area contributed by atoms with Gasteiger partial charge in [0, 0.05) is 36.1 Å². The minimum Gasteiger partial charge on any atom is -0.423 e. The molecule has 3 rings (SSSR count). The number of carbonyl (C=O) groups excluding carboxylic acids is 2. The van der Waals surface area contributed by atoms with Crippen LogP contribution in [0.1, 0.15) is 13.8 Å². The number of benzene rings is 3. The Labute approximate surface area is 174 Å². The van der Waals surface area contributed by atoms with Crippen LogP contribution in [0.5, 0.6) is 11.5 Å². The summed E-state index contributed by atoms with van der Waals surface area (Å²) in [7, 11) is 0. The van der Waals surface area contributed by atoms with E-state index < -0.39 is 17.8 Å². The Balaban J connectivity index is 0.00000127. The number of carbonyl (C=O) groups is 2. The largest absolute Gasteiger partial charge is 0.423 e. The van der Waals surface area contributed by atoms with E-state index in [1.807, 2.05) is 13.8 Å². The molecule has 28 heavy (non-hydrogen) atoms. The Morgan fingerprint density at radius 1 is 0.821 bits per heavy atom. The van der Waals surface area contributed by atoms with Crippen LogP contribution in [0.2, 0.25) is 0 Å². The van der Waals surface area contributed by atoms with Crippen LogP contribution < -0.4 is 9.47 Å². The summed E-state index contributed by atoms with van der Waals surface area (Å²) in [6.45, 7) is 10.7. The van der Waals surface area contributed by atoms with Crippen LogP contribution in [0.3, 0.4) is 0 Å². The monoisotopic (exact) mass is 417 g/mol. The van der Waals surface area contributed by atoms with Gasteiger partial charge in [-0.05, 0) is 52.6 Å². The van der Waals surface area contributed by atoms with Gasteiger partial charge in [-0.3, -0.25) is 0 Å². The number of fused-ring (bicyclic) bond motifs is 3. The van der Waals surface area contributed by atoms with Gasteiger partial charge in [0.05, 0.1) is 0 Å². The van der Waals surface area contributed by atoms with E-state index in [0.29, 0.717) is 21.9 Å². The fourth-order valence-corrected chi connectivity index (χ4v) is 2.52. The predicted octanol–water partition coefficient (Wildman–Crippen LogP) is 5.34. The van der Waals surface area contributed by atoms with Crippen molar-refractivity contribution in [3.05, 3.63) is 73.6 Å². The molecule has 0 bridgehead atoms. The van der Waals surface area contributed by atoms with E-state index >= 15 is 0 Å². The van der Waals surface area contributed by atoms with Crippen LogP contribution in [0, 0.1) is 5.82 Å². The minimum atomic E-state index is -0.616. The first-order valence-electron chi connectivity index (χ1n) is 8.36. The van der Waals surface area contributed by atoms with E-state index in [1.54, 1.807) is 30.3 Å². The van der Waals surface area contributed by atoms with Gasteiger partial charge in [-0.15, -0.1) is 0 Å². The van der Waals surface area contributed by atoms with Gasteiger partial charge < -0.3 is 9.47 Å². The molecule has 4 nitrogen and oxygen atoms in total. The van der Waals surface area contributed by atoms with Gasteiger partial charge in [-0.2, -0.15) is 0 Å².